The molecule has 0 spiro atoms. The molecule has 0 aliphatic rings. The summed E-state index contributed by atoms with van der Waals surface area (Å²) in [6.07, 6.45) is 3.96. The van der Waals surface area contributed by atoms with Crippen LogP contribution in [-0.4, -0.2) is 23.7 Å². The minimum Gasteiger partial charge on any atom is -0.479 e. The second kappa shape index (κ2) is 8.22. The molecular weight excluding hydrogens is 304 g/mol. The Bertz CT molecular complexity index is 650. The minimum atomic E-state index is -1.03. The number of aryl methyl sites for hydroxylation is 1. The predicted octanol–water partition coefficient (Wildman–Crippen LogP) is 3.30. The molecule has 0 fully saturated rings. The van der Waals surface area contributed by atoms with Gasteiger partial charge in [-0.15, -0.1) is 0 Å². The first-order chi connectivity index (χ1) is 11.1. The van der Waals surface area contributed by atoms with Gasteiger partial charge in [0, 0.05) is 18.5 Å². The summed E-state index contributed by atoms with van der Waals surface area (Å²) in [5.41, 5.74) is 1.11. The number of hydrogen-bond donors (Lipinski definition) is 0. The number of pyridine rings is 1. The molecule has 0 aliphatic heterocycles. The van der Waals surface area contributed by atoms with Crippen LogP contribution < -0.4 is 4.74 Å². The van der Waals surface area contributed by atoms with Gasteiger partial charge >= 0.3 is 5.97 Å². The van der Waals surface area contributed by atoms with E-state index in [1.54, 1.807) is 12.4 Å². The molecule has 0 saturated heterocycles. The fourth-order valence-corrected chi connectivity index (χ4v) is 1.92. The first kappa shape index (κ1) is 16.9. The lowest BCUT2D eigenvalue weighted by molar-refractivity contribution is -0.151. The molecule has 1 aromatic heterocycles. The van der Waals surface area contributed by atoms with Crippen molar-refractivity contribution in [2.24, 2.45) is 0 Å². The van der Waals surface area contributed by atoms with Crippen molar-refractivity contribution < 1.29 is 23.0 Å². The summed E-state index contributed by atoms with van der Waals surface area (Å²) in [5.74, 6) is -2.47. The maximum atomic E-state index is 13.1. The Morgan fingerprint density at radius 2 is 1.91 bits per heavy atom. The number of carbonyl (C=O) groups is 1. The van der Waals surface area contributed by atoms with Gasteiger partial charge in [-0.3, -0.25) is 4.98 Å². The lowest BCUT2D eigenvalue weighted by Crippen LogP contribution is -2.26. The van der Waals surface area contributed by atoms with Crippen molar-refractivity contribution in [1.82, 2.24) is 4.98 Å². The second-order valence-corrected chi connectivity index (χ2v) is 4.96. The molecule has 0 radical (unpaired) electrons. The topological polar surface area (TPSA) is 48.4 Å². The molecule has 0 bridgehead atoms. The van der Waals surface area contributed by atoms with Gasteiger partial charge in [0.25, 0.3) is 0 Å². The number of carbonyl (C=O) groups excluding carboxylic acids is 1. The SMILES string of the molecule is C[C@H](Oc1ccc(F)c(F)c1)C(=O)OCCCc1ccncc1. The molecule has 0 N–H and O–H groups in total. The Labute approximate surface area is 133 Å². The number of esters is 1. The quantitative estimate of drug-likeness (QED) is 0.580. The van der Waals surface area contributed by atoms with Gasteiger partial charge < -0.3 is 9.47 Å². The molecule has 2 aromatic rings. The van der Waals surface area contributed by atoms with Crippen molar-refractivity contribution in [3.63, 3.8) is 0 Å². The summed E-state index contributed by atoms with van der Waals surface area (Å²) in [7, 11) is 0. The number of hydrogen-bond acceptors (Lipinski definition) is 4. The molecule has 2 rings (SSSR count). The van der Waals surface area contributed by atoms with E-state index < -0.39 is 23.7 Å². The van der Waals surface area contributed by atoms with E-state index in [9.17, 15) is 13.6 Å². The summed E-state index contributed by atoms with van der Waals surface area (Å²) < 4.78 is 36.2. The standard InChI is InChI=1S/C17H17F2NO3/c1-12(23-14-4-5-15(18)16(19)11-14)17(21)22-10-2-3-13-6-8-20-9-7-13/h4-9,11-12H,2-3,10H2,1H3/t12-/m0/s1. The van der Waals surface area contributed by atoms with Gasteiger partial charge in [0.05, 0.1) is 6.61 Å². The van der Waals surface area contributed by atoms with E-state index in [0.29, 0.717) is 6.42 Å². The summed E-state index contributed by atoms with van der Waals surface area (Å²) in [6.45, 7) is 1.75. The minimum absolute atomic E-state index is 0.0742. The lowest BCUT2D eigenvalue weighted by atomic mass is 10.1. The van der Waals surface area contributed by atoms with Crippen LogP contribution in [0.25, 0.3) is 0 Å². The fraction of sp³-hybridized carbons (Fsp3) is 0.294. The highest BCUT2D eigenvalue weighted by Gasteiger charge is 2.17. The van der Waals surface area contributed by atoms with Gasteiger partial charge in [0.1, 0.15) is 5.75 Å². The molecule has 6 heteroatoms. The highest BCUT2D eigenvalue weighted by Crippen LogP contribution is 2.17. The largest absolute Gasteiger partial charge is 0.479 e. The van der Waals surface area contributed by atoms with Crippen LogP contribution in [0.15, 0.2) is 42.7 Å². The van der Waals surface area contributed by atoms with Crippen molar-refractivity contribution in [2.45, 2.75) is 25.9 Å². The van der Waals surface area contributed by atoms with Gasteiger partial charge in [-0.05, 0) is 49.6 Å². The van der Waals surface area contributed by atoms with E-state index in [1.807, 2.05) is 12.1 Å². The molecule has 23 heavy (non-hydrogen) atoms. The van der Waals surface area contributed by atoms with Gasteiger partial charge in [0.2, 0.25) is 0 Å². The van der Waals surface area contributed by atoms with Crippen molar-refractivity contribution in [2.75, 3.05) is 6.61 Å². The average Bonchev–Trinajstić information content (AvgIpc) is 2.55. The van der Waals surface area contributed by atoms with Crippen LogP contribution in [0, 0.1) is 11.6 Å². The van der Waals surface area contributed by atoms with Crippen molar-refractivity contribution in [1.29, 1.82) is 0 Å². The predicted molar refractivity (Wildman–Crippen MR) is 80.0 cm³/mol. The second-order valence-electron chi connectivity index (χ2n) is 4.96. The van der Waals surface area contributed by atoms with E-state index in [1.165, 1.54) is 13.0 Å². The molecule has 122 valence electrons. The van der Waals surface area contributed by atoms with E-state index >= 15 is 0 Å². The highest BCUT2D eigenvalue weighted by atomic mass is 19.2. The third-order valence-electron chi connectivity index (χ3n) is 3.14. The van der Waals surface area contributed by atoms with Gasteiger partial charge in [-0.25, -0.2) is 13.6 Å². The molecule has 1 atom stereocenters. The number of aromatic nitrogens is 1. The third-order valence-corrected chi connectivity index (χ3v) is 3.14. The van der Waals surface area contributed by atoms with Crippen molar-refractivity contribution in [3.05, 3.63) is 59.9 Å². The molecule has 0 saturated carbocycles. The zero-order valence-corrected chi connectivity index (χ0v) is 12.7. The monoisotopic (exact) mass is 321 g/mol. The molecule has 1 aromatic carbocycles. The smallest absolute Gasteiger partial charge is 0.347 e. The first-order valence-corrected chi connectivity index (χ1v) is 7.23. The van der Waals surface area contributed by atoms with Crippen LogP contribution >= 0.6 is 0 Å². The molecule has 0 amide bonds. The normalized spacial score (nSPS) is 11.8. The van der Waals surface area contributed by atoms with Crippen LogP contribution in [0.3, 0.4) is 0 Å². The average molecular weight is 321 g/mol. The molecule has 0 aliphatic carbocycles. The number of halogens is 2. The highest BCUT2D eigenvalue weighted by molar-refractivity contribution is 5.74. The maximum absolute atomic E-state index is 13.1. The lowest BCUT2D eigenvalue weighted by Gasteiger charge is -2.14. The maximum Gasteiger partial charge on any atom is 0.347 e. The first-order valence-electron chi connectivity index (χ1n) is 7.23. The summed E-state index contributed by atoms with van der Waals surface area (Å²) in [5, 5.41) is 0. The fourth-order valence-electron chi connectivity index (χ4n) is 1.92. The Morgan fingerprint density at radius 3 is 2.61 bits per heavy atom. The van der Waals surface area contributed by atoms with Crippen LogP contribution in [0.1, 0.15) is 18.9 Å². The number of benzene rings is 1. The van der Waals surface area contributed by atoms with E-state index in [2.05, 4.69) is 4.98 Å². The summed E-state index contributed by atoms with van der Waals surface area (Å²) in [6, 6.07) is 6.89. The van der Waals surface area contributed by atoms with Crippen LogP contribution in [-0.2, 0) is 16.0 Å². The van der Waals surface area contributed by atoms with Crippen LogP contribution in [0.4, 0.5) is 8.78 Å². The third kappa shape index (κ3) is 5.32. The van der Waals surface area contributed by atoms with E-state index in [4.69, 9.17) is 9.47 Å². The molecular formula is C17H17F2NO3. The van der Waals surface area contributed by atoms with Crippen molar-refractivity contribution in [3.8, 4) is 5.75 Å². The number of ether oxygens (including phenoxy) is 2. The Morgan fingerprint density at radius 1 is 1.17 bits per heavy atom. The van der Waals surface area contributed by atoms with Crippen molar-refractivity contribution >= 4 is 5.97 Å². The summed E-state index contributed by atoms with van der Waals surface area (Å²) >= 11 is 0. The zero-order valence-electron chi connectivity index (χ0n) is 12.7. The van der Waals surface area contributed by atoms with E-state index in [0.717, 1.165) is 24.1 Å². The van der Waals surface area contributed by atoms with Gasteiger partial charge in [-0.1, -0.05) is 0 Å². The Kier molecular flexibility index (Phi) is 6.02. The van der Waals surface area contributed by atoms with Crippen LogP contribution in [0.5, 0.6) is 5.75 Å². The zero-order chi connectivity index (χ0) is 16.7. The number of rotatable bonds is 7. The van der Waals surface area contributed by atoms with Gasteiger partial charge in [-0.2, -0.15) is 0 Å². The number of nitrogens with zero attached hydrogens (tertiary/aromatic N) is 1. The van der Waals surface area contributed by atoms with Gasteiger partial charge in [0.15, 0.2) is 17.7 Å². The Hall–Kier alpha value is -2.50. The molecule has 0 unspecified atom stereocenters. The van der Waals surface area contributed by atoms with E-state index in [-0.39, 0.29) is 12.4 Å². The summed E-state index contributed by atoms with van der Waals surface area (Å²) in [4.78, 5) is 15.7. The Balaban J connectivity index is 1.73. The molecule has 4 nitrogen and oxygen atoms in total. The molecule has 1 heterocycles. The van der Waals surface area contributed by atoms with Crippen LogP contribution in [0.2, 0.25) is 0 Å².